The summed E-state index contributed by atoms with van der Waals surface area (Å²) in [5.41, 5.74) is 6.42. The lowest BCUT2D eigenvalue weighted by Crippen LogP contribution is -2.01. The molecule has 2 heterocycles. The molecule has 0 aliphatic rings. The van der Waals surface area contributed by atoms with Crippen LogP contribution in [0, 0.1) is 0 Å². The van der Waals surface area contributed by atoms with Gasteiger partial charge in [0.1, 0.15) is 0 Å². The third-order valence-corrected chi connectivity index (χ3v) is 10.6. The molecule has 0 aliphatic carbocycles. The van der Waals surface area contributed by atoms with Gasteiger partial charge in [0.15, 0.2) is 17.5 Å². The van der Waals surface area contributed by atoms with Gasteiger partial charge in [-0.2, -0.15) is 0 Å². The van der Waals surface area contributed by atoms with E-state index in [2.05, 4.69) is 150 Å². The van der Waals surface area contributed by atoms with E-state index in [-0.39, 0.29) is 0 Å². The largest absolute Gasteiger partial charge is 0.309 e. The summed E-state index contributed by atoms with van der Waals surface area (Å²) in [6, 6.07) is 64.5. The summed E-state index contributed by atoms with van der Waals surface area (Å²) in [5, 5.41) is 12.0. The summed E-state index contributed by atoms with van der Waals surface area (Å²) in [6.45, 7) is 0. The van der Waals surface area contributed by atoms with Crippen LogP contribution in [0.15, 0.2) is 182 Å². The minimum atomic E-state index is 0.650. The predicted molar refractivity (Wildman–Crippen MR) is 220 cm³/mol. The van der Waals surface area contributed by atoms with E-state index in [0.717, 1.165) is 27.8 Å². The summed E-state index contributed by atoms with van der Waals surface area (Å²) >= 11 is 0. The fourth-order valence-electron chi connectivity index (χ4n) is 8.23. The zero-order valence-corrected chi connectivity index (χ0v) is 28.6. The fraction of sp³-hybridized carbons (Fsp3) is 0. The van der Waals surface area contributed by atoms with Crippen LogP contribution in [-0.2, 0) is 0 Å². The molecule has 0 amide bonds. The van der Waals surface area contributed by atoms with Gasteiger partial charge in [-0.15, -0.1) is 0 Å². The van der Waals surface area contributed by atoms with Gasteiger partial charge >= 0.3 is 0 Å². The maximum absolute atomic E-state index is 5.19. The van der Waals surface area contributed by atoms with Crippen LogP contribution in [0.1, 0.15) is 0 Å². The van der Waals surface area contributed by atoms with Crippen LogP contribution in [0.2, 0.25) is 0 Å². The average Bonchev–Trinajstić information content (AvgIpc) is 3.59. The van der Waals surface area contributed by atoms with Gasteiger partial charge in [-0.3, -0.25) is 0 Å². The minimum absolute atomic E-state index is 0.650. The first-order chi connectivity index (χ1) is 26.3. The summed E-state index contributed by atoms with van der Waals surface area (Å²) < 4.78 is 2.46. The molecule has 0 atom stereocenters. The molecule has 246 valence electrons. The monoisotopic (exact) mass is 674 g/mol. The van der Waals surface area contributed by atoms with Crippen molar-refractivity contribution < 1.29 is 0 Å². The van der Waals surface area contributed by atoms with Crippen molar-refractivity contribution in [1.82, 2.24) is 19.5 Å². The molecule has 4 heteroatoms. The highest BCUT2D eigenvalue weighted by Crippen LogP contribution is 2.47. The Balaban J connectivity index is 1.29. The summed E-state index contributed by atoms with van der Waals surface area (Å²) in [7, 11) is 0. The Kier molecular flexibility index (Phi) is 6.52. The topological polar surface area (TPSA) is 43.6 Å². The van der Waals surface area contributed by atoms with E-state index < -0.39 is 0 Å². The van der Waals surface area contributed by atoms with Crippen molar-refractivity contribution in [2.45, 2.75) is 0 Å². The fourth-order valence-corrected chi connectivity index (χ4v) is 8.23. The van der Waals surface area contributed by atoms with Crippen molar-refractivity contribution in [3.8, 4) is 39.9 Å². The van der Waals surface area contributed by atoms with Gasteiger partial charge in [0, 0.05) is 43.9 Å². The lowest BCUT2D eigenvalue weighted by atomic mass is 9.90. The lowest BCUT2D eigenvalue weighted by molar-refractivity contribution is 1.08. The van der Waals surface area contributed by atoms with Crippen molar-refractivity contribution in [2.75, 3.05) is 0 Å². The number of fused-ring (bicyclic) bond motifs is 11. The number of benzene rings is 9. The highest BCUT2D eigenvalue weighted by molar-refractivity contribution is 6.37. The predicted octanol–water partition coefficient (Wildman–Crippen LogP) is 12.6. The van der Waals surface area contributed by atoms with Gasteiger partial charge in [-0.1, -0.05) is 158 Å². The van der Waals surface area contributed by atoms with Gasteiger partial charge in [0.05, 0.1) is 11.0 Å². The van der Waals surface area contributed by atoms with E-state index in [1.807, 2.05) is 36.4 Å². The first-order valence-electron chi connectivity index (χ1n) is 18.0. The quantitative estimate of drug-likeness (QED) is 0.175. The number of hydrogen-bond acceptors (Lipinski definition) is 3. The van der Waals surface area contributed by atoms with E-state index in [9.17, 15) is 0 Å². The molecule has 0 N–H and O–H groups in total. The second-order valence-corrected chi connectivity index (χ2v) is 13.6. The second-order valence-electron chi connectivity index (χ2n) is 13.6. The molecular formula is C49H30N4. The molecule has 0 bridgehead atoms. The van der Waals surface area contributed by atoms with E-state index >= 15 is 0 Å². The third kappa shape index (κ3) is 4.59. The van der Waals surface area contributed by atoms with E-state index in [4.69, 9.17) is 15.0 Å². The molecule has 2 aromatic heterocycles. The van der Waals surface area contributed by atoms with Crippen molar-refractivity contribution in [3.05, 3.63) is 182 Å². The normalized spacial score (nSPS) is 11.8. The van der Waals surface area contributed by atoms with Crippen LogP contribution in [0.5, 0.6) is 0 Å². The maximum Gasteiger partial charge on any atom is 0.164 e. The Morgan fingerprint density at radius 3 is 1.60 bits per heavy atom. The van der Waals surface area contributed by atoms with Gasteiger partial charge in [-0.25, -0.2) is 15.0 Å². The van der Waals surface area contributed by atoms with Crippen LogP contribution in [-0.4, -0.2) is 19.5 Å². The van der Waals surface area contributed by atoms with Gasteiger partial charge < -0.3 is 4.57 Å². The van der Waals surface area contributed by atoms with Crippen molar-refractivity contribution in [1.29, 1.82) is 0 Å². The molecule has 0 saturated heterocycles. The van der Waals surface area contributed by atoms with E-state index in [0.29, 0.717) is 17.5 Å². The molecule has 0 saturated carbocycles. The molecule has 11 aromatic rings. The smallest absolute Gasteiger partial charge is 0.164 e. The second kappa shape index (κ2) is 11.7. The SMILES string of the molecule is c1ccc(-c2nc(-c3ccccc3)nc(-c3cc4c5ccccc5c5c(c6ccccc6n5-c5ccc6ccccc6c5)c4c4ccccc34)n2)cc1. The molecule has 11 rings (SSSR count). The molecule has 0 spiro atoms. The highest BCUT2D eigenvalue weighted by atomic mass is 15.0. The number of rotatable bonds is 4. The Morgan fingerprint density at radius 1 is 0.340 bits per heavy atom. The summed E-state index contributed by atoms with van der Waals surface area (Å²) in [6.07, 6.45) is 0. The zero-order valence-electron chi connectivity index (χ0n) is 28.6. The van der Waals surface area contributed by atoms with Crippen LogP contribution in [0.4, 0.5) is 0 Å². The lowest BCUT2D eigenvalue weighted by Gasteiger charge is -2.16. The van der Waals surface area contributed by atoms with Gasteiger partial charge in [0.2, 0.25) is 0 Å². The van der Waals surface area contributed by atoms with Crippen molar-refractivity contribution in [2.24, 2.45) is 0 Å². The van der Waals surface area contributed by atoms with Crippen molar-refractivity contribution in [3.63, 3.8) is 0 Å². The first kappa shape index (κ1) is 29.5. The maximum atomic E-state index is 5.19. The number of para-hydroxylation sites is 1. The summed E-state index contributed by atoms with van der Waals surface area (Å²) in [5.74, 6) is 1.95. The standard InChI is InChI=1S/C49H30N4/c1-3-16-32(17-4-1)47-50-48(33-18-5-2-6-19-33)52-49(51-47)42-30-41-37-22-10-12-24-39(37)46-45(44(41)38-23-11-9-21-36(38)42)40-25-13-14-26-43(40)53(46)35-28-27-31-15-7-8-20-34(31)29-35/h1-30H. The number of aromatic nitrogens is 4. The highest BCUT2D eigenvalue weighted by Gasteiger charge is 2.23. The molecule has 0 unspecified atom stereocenters. The number of hydrogen-bond donors (Lipinski definition) is 0. The average molecular weight is 675 g/mol. The first-order valence-corrected chi connectivity index (χ1v) is 18.0. The Labute approximate surface area is 305 Å². The molecule has 9 aromatic carbocycles. The van der Waals surface area contributed by atoms with E-state index in [1.165, 1.54) is 59.5 Å². The van der Waals surface area contributed by atoms with Crippen LogP contribution in [0.25, 0.3) is 105 Å². The Bertz CT molecular complexity index is 3160. The number of nitrogens with zero attached hydrogens (tertiary/aromatic N) is 4. The van der Waals surface area contributed by atoms with Crippen LogP contribution in [0.3, 0.4) is 0 Å². The van der Waals surface area contributed by atoms with Gasteiger partial charge in [-0.05, 0) is 56.6 Å². The summed E-state index contributed by atoms with van der Waals surface area (Å²) in [4.78, 5) is 15.4. The third-order valence-electron chi connectivity index (χ3n) is 10.6. The molecular weight excluding hydrogens is 645 g/mol. The minimum Gasteiger partial charge on any atom is -0.309 e. The Morgan fingerprint density at radius 2 is 0.887 bits per heavy atom. The van der Waals surface area contributed by atoms with Gasteiger partial charge in [0.25, 0.3) is 0 Å². The molecule has 0 radical (unpaired) electrons. The zero-order chi connectivity index (χ0) is 34.9. The van der Waals surface area contributed by atoms with Crippen LogP contribution < -0.4 is 0 Å². The van der Waals surface area contributed by atoms with E-state index in [1.54, 1.807) is 0 Å². The van der Waals surface area contributed by atoms with Crippen molar-refractivity contribution >= 4 is 64.9 Å². The molecule has 0 fully saturated rings. The molecule has 4 nitrogen and oxygen atoms in total. The van der Waals surface area contributed by atoms with Crippen LogP contribution >= 0.6 is 0 Å². The molecule has 0 aliphatic heterocycles. The Hall–Kier alpha value is -7.17. The molecule has 53 heavy (non-hydrogen) atoms.